The second kappa shape index (κ2) is 6.89. The van der Waals surface area contributed by atoms with Crippen LogP contribution in [0.2, 0.25) is 0 Å². The summed E-state index contributed by atoms with van der Waals surface area (Å²) in [5.41, 5.74) is -0.502. The highest BCUT2D eigenvalue weighted by atomic mass is 16.6. The van der Waals surface area contributed by atoms with Crippen molar-refractivity contribution in [2.75, 3.05) is 19.6 Å². The normalized spacial score (nSPS) is 19.6. The highest BCUT2D eigenvalue weighted by Crippen LogP contribution is 2.21. The molecule has 0 unspecified atom stereocenters. The van der Waals surface area contributed by atoms with Crippen molar-refractivity contribution in [1.82, 2.24) is 10.2 Å². The van der Waals surface area contributed by atoms with Crippen LogP contribution >= 0.6 is 0 Å². The zero-order valence-electron chi connectivity index (χ0n) is 12.5. The molecule has 5 nitrogen and oxygen atoms in total. The third kappa shape index (κ3) is 5.19. The van der Waals surface area contributed by atoms with Gasteiger partial charge in [0.2, 0.25) is 5.91 Å². The van der Waals surface area contributed by atoms with Gasteiger partial charge in [0.15, 0.2) is 0 Å². The number of nitrogens with zero attached hydrogens (tertiary/aromatic N) is 1. The van der Waals surface area contributed by atoms with Crippen LogP contribution in [-0.4, -0.2) is 48.1 Å². The maximum absolute atomic E-state index is 12.1. The lowest BCUT2D eigenvalue weighted by Crippen LogP contribution is -2.44. The second-order valence-electron chi connectivity index (χ2n) is 5.88. The van der Waals surface area contributed by atoms with Crippen LogP contribution in [0.25, 0.3) is 0 Å². The quantitative estimate of drug-likeness (QED) is 0.604. The lowest BCUT2D eigenvalue weighted by molar-refractivity contribution is -0.163. The Labute approximate surface area is 115 Å². The van der Waals surface area contributed by atoms with Gasteiger partial charge in [0.25, 0.3) is 0 Å². The number of likely N-dealkylation sites (tertiary alicyclic amines) is 1. The standard InChI is InChI=1S/C14H26N2O3/c1-5-15-9-8-12(17)16-10-6-7-11(16)13(18)19-14(2,3)4/h11,15H,5-10H2,1-4H3/t11-/m1/s1. The van der Waals surface area contributed by atoms with Crippen molar-refractivity contribution < 1.29 is 14.3 Å². The van der Waals surface area contributed by atoms with Crippen LogP contribution in [0.4, 0.5) is 0 Å². The van der Waals surface area contributed by atoms with Gasteiger partial charge in [0.05, 0.1) is 0 Å². The molecule has 110 valence electrons. The molecule has 1 atom stereocenters. The summed E-state index contributed by atoms with van der Waals surface area (Å²) in [6, 6.07) is -0.395. The van der Waals surface area contributed by atoms with Crippen LogP contribution in [0.3, 0.4) is 0 Å². The average molecular weight is 270 g/mol. The predicted molar refractivity (Wildman–Crippen MR) is 73.7 cm³/mol. The molecule has 1 rings (SSSR count). The Morgan fingerprint density at radius 2 is 2.05 bits per heavy atom. The minimum absolute atomic E-state index is 0.0364. The highest BCUT2D eigenvalue weighted by Gasteiger charge is 2.36. The first-order valence-corrected chi connectivity index (χ1v) is 7.08. The smallest absolute Gasteiger partial charge is 0.329 e. The maximum atomic E-state index is 12.1. The molecule has 0 aromatic rings. The second-order valence-corrected chi connectivity index (χ2v) is 5.88. The molecule has 0 radical (unpaired) electrons. The summed E-state index contributed by atoms with van der Waals surface area (Å²) in [4.78, 5) is 25.8. The molecule has 1 heterocycles. The molecule has 1 amide bonds. The van der Waals surface area contributed by atoms with Gasteiger partial charge in [0, 0.05) is 19.5 Å². The van der Waals surface area contributed by atoms with Crippen molar-refractivity contribution in [3.8, 4) is 0 Å². The number of esters is 1. The molecule has 1 aliphatic heterocycles. The minimum Gasteiger partial charge on any atom is -0.458 e. The van der Waals surface area contributed by atoms with Crippen molar-refractivity contribution in [3.05, 3.63) is 0 Å². The Hall–Kier alpha value is -1.10. The van der Waals surface area contributed by atoms with Crippen LogP contribution in [0.1, 0.15) is 47.0 Å². The molecule has 5 heteroatoms. The summed E-state index contributed by atoms with van der Waals surface area (Å²) in [7, 11) is 0. The van der Waals surface area contributed by atoms with E-state index in [4.69, 9.17) is 4.74 Å². The molecule has 0 saturated carbocycles. The molecule has 1 saturated heterocycles. The van der Waals surface area contributed by atoms with Gasteiger partial charge >= 0.3 is 5.97 Å². The molecule has 0 bridgehead atoms. The van der Waals surface area contributed by atoms with E-state index in [-0.39, 0.29) is 11.9 Å². The van der Waals surface area contributed by atoms with E-state index >= 15 is 0 Å². The van der Waals surface area contributed by atoms with Crippen molar-refractivity contribution in [2.45, 2.75) is 58.6 Å². The number of hydrogen-bond acceptors (Lipinski definition) is 4. The Morgan fingerprint density at radius 3 is 2.63 bits per heavy atom. The number of hydrogen-bond donors (Lipinski definition) is 1. The first-order chi connectivity index (χ1) is 8.85. The maximum Gasteiger partial charge on any atom is 0.329 e. The number of amides is 1. The molecule has 1 N–H and O–H groups in total. The third-order valence-electron chi connectivity index (χ3n) is 3.02. The largest absolute Gasteiger partial charge is 0.458 e. The molecule has 0 aromatic carbocycles. The van der Waals surface area contributed by atoms with Crippen LogP contribution in [-0.2, 0) is 14.3 Å². The summed E-state index contributed by atoms with van der Waals surface area (Å²) >= 11 is 0. The highest BCUT2D eigenvalue weighted by molar-refractivity contribution is 5.85. The van der Waals surface area contributed by atoms with E-state index < -0.39 is 11.6 Å². The van der Waals surface area contributed by atoms with Gasteiger partial charge in [-0.1, -0.05) is 6.92 Å². The molecule has 0 aliphatic carbocycles. The summed E-state index contributed by atoms with van der Waals surface area (Å²) < 4.78 is 5.38. The molecule has 1 fully saturated rings. The molecule has 19 heavy (non-hydrogen) atoms. The van der Waals surface area contributed by atoms with Crippen LogP contribution in [0.5, 0.6) is 0 Å². The summed E-state index contributed by atoms with van der Waals surface area (Å²) in [5, 5.41) is 3.12. The third-order valence-corrected chi connectivity index (χ3v) is 3.02. The Kier molecular flexibility index (Phi) is 5.79. The fourth-order valence-electron chi connectivity index (χ4n) is 2.20. The summed E-state index contributed by atoms with van der Waals surface area (Å²) in [6.07, 6.45) is 2.02. The zero-order chi connectivity index (χ0) is 14.5. The van der Waals surface area contributed by atoms with Gasteiger partial charge < -0.3 is 15.0 Å². The van der Waals surface area contributed by atoms with Crippen LogP contribution < -0.4 is 5.32 Å². The van der Waals surface area contributed by atoms with E-state index in [0.717, 1.165) is 13.0 Å². The van der Waals surface area contributed by atoms with Crippen LogP contribution in [0.15, 0.2) is 0 Å². The Bertz CT molecular complexity index is 323. The fraction of sp³-hybridized carbons (Fsp3) is 0.857. The van der Waals surface area contributed by atoms with Crippen molar-refractivity contribution in [3.63, 3.8) is 0 Å². The topological polar surface area (TPSA) is 58.6 Å². The Balaban J connectivity index is 2.53. The van der Waals surface area contributed by atoms with Gasteiger partial charge in [0.1, 0.15) is 11.6 Å². The van der Waals surface area contributed by atoms with Gasteiger partial charge in [-0.15, -0.1) is 0 Å². The molecule has 1 aliphatic rings. The van der Waals surface area contributed by atoms with E-state index in [0.29, 0.717) is 25.9 Å². The lowest BCUT2D eigenvalue weighted by Gasteiger charge is -2.27. The molecule has 0 spiro atoms. The Morgan fingerprint density at radius 1 is 1.37 bits per heavy atom. The lowest BCUT2D eigenvalue weighted by atomic mass is 10.1. The van der Waals surface area contributed by atoms with Crippen molar-refractivity contribution in [2.24, 2.45) is 0 Å². The number of nitrogens with one attached hydrogen (secondary N) is 1. The number of rotatable bonds is 5. The summed E-state index contributed by atoms with van der Waals surface area (Å²) in [6.45, 7) is 9.71. The first-order valence-electron chi connectivity index (χ1n) is 7.08. The van der Waals surface area contributed by atoms with E-state index in [1.165, 1.54) is 0 Å². The molecular weight excluding hydrogens is 244 g/mol. The predicted octanol–water partition coefficient (Wildman–Crippen LogP) is 1.32. The molecule has 0 aromatic heterocycles. The van der Waals surface area contributed by atoms with E-state index in [9.17, 15) is 9.59 Å². The number of carbonyl (C=O) groups is 2. The number of carbonyl (C=O) groups excluding carboxylic acids is 2. The van der Waals surface area contributed by atoms with Crippen LogP contribution in [0, 0.1) is 0 Å². The van der Waals surface area contributed by atoms with Crippen molar-refractivity contribution in [1.29, 1.82) is 0 Å². The van der Waals surface area contributed by atoms with E-state index in [2.05, 4.69) is 5.32 Å². The van der Waals surface area contributed by atoms with Gasteiger partial charge in [-0.3, -0.25) is 4.79 Å². The van der Waals surface area contributed by atoms with Gasteiger partial charge in [-0.25, -0.2) is 4.79 Å². The van der Waals surface area contributed by atoms with E-state index in [1.54, 1.807) is 4.90 Å². The summed E-state index contributed by atoms with van der Waals surface area (Å²) in [5.74, 6) is -0.240. The van der Waals surface area contributed by atoms with Crippen molar-refractivity contribution >= 4 is 11.9 Å². The minimum atomic E-state index is -0.502. The van der Waals surface area contributed by atoms with E-state index in [1.807, 2.05) is 27.7 Å². The number of ether oxygens (including phenoxy) is 1. The average Bonchev–Trinajstić information content (AvgIpc) is 2.75. The first kappa shape index (κ1) is 16.0. The fourth-order valence-corrected chi connectivity index (χ4v) is 2.20. The molecular formula is C14H26N2O3. The monoisotopic (exact) mass is 270 g/mol. The zero-order valence-corrected chi connectivity index (χ0v) is 12.5. The van der Waals surface area contributed by atoms with Gasteiger partial charge in [-0.2, -0.15) is 0 Å². The SMILES string of the molecule is CCNCCC(=O)N1CCC[C@@H]1C(=O)OC(C)(C)C. The van der Waals surface area contributed by atoms with Gasteiger partial charge in [-0.05, 0) is 40.2 Å².